The van der Waals surface area contributed by atoms with Crippen LogP contribution in [0.3, 0.4) is 0 Å². The summed E-state index contributed by atoms with van der Waals surface area (Å²) in [5.41, 5.74) is 13.9. The van der Waals surface area contributed by atoms with Crippen molar-refractivity contribution in [3.8, 4) is 33.4 Å². The van der Waals surface area contributed by atoms with Crippen molar-refractivity contribution in [1.29, 1.82) is 0 Å². The summed E-state index contributed by atoms with van der Waals surface area (Å²) in [7, 11) is -2.68. The first-order valence-electron chi connectivity index (χ1n) is 18.6. The largest absolute Gasteiger partial charge is 0.310 e. The number of rotatable bonds is 6. The van der Waals surface area contributed by atoms with Gasteiger partial charge in [-0.1, -0.05) is 184 Å². The van der Waals surface area contributed by atoms with Gasteiger partial charge in [0.2, 0.25) is 0 Å². The second-order valence-electron chi connectivity index (χ2n) is 14.9. The van der Waals surface area contributed by atoms with Gasteiger partial charge in [-0.3, -0.25) is 0 Å². The molecule has 2 aliphatic rings. The zero-order valence-electron chi connectivity index (χ0n) is 30.0. The molecule has 53 heavy (non-hydrogen) atoms. The van der Waals surface area contributed by atoms with Gasteiger partial charge >= 0.3 is 0 Å². The molecule has 0 N–H and O–H groups in total. The van der Waals surface area contributed by atoms with Crippen molar-refractivity contribution in [2.75, 3.05) is 4.90 Å². The fourth-order valence-electron chi connectivity index (χ4n) is 9.37. The number of anilines is 3. The molecule has 1 aliphatic carbocycles. The zero-order valence-corrected chi connectivity index (χ0v) is 31.0. The van der Waals surface area contributed by atoms with Crippen molar-refractivity contribution in [3.05, 3.63) is 211 Å². The maximum absolute atomic E-state index is 2.68. The van der Waals surface area contributed by atoms with Crippen molar-refractivity contribution in [1.82, 2.24) is 0 Å². The summed E-state index contributed by atoms with van der Waals surface area (Å²) in [6.07, 6.45) is 0. The molecule has 0 atom stereocenters. The molecular weight excluding hydrogens is 655 g/mol. The molecule has 8 aromatic carbocycles. The molecule has 1 aliphatic heterocycles. The number of benzene rings is 8. The van der Waals surface area contributed by atoms with Crippen LogP contribution in [0.1, 0.15) is 25.0 Å². The number of hydrogen-bond donors (Lipinski definition) is 0. The van der Waals surface area contributed by atoms with E-state index in [-0.39, 0.29) is 5.41 Å². The highest BCUT2D eigenvalue weighted by Crippen LogP contribution is 2.51. The fraction of sp³-hybridized carbons (Fsp3) is 0.0588. The molecule has 0 radical (unpaired) electrons. The van der Waals surface area contributed by atoms with E-state index in [0.29, 0.717) is 0 Å². The maximum Gasteiger partial charge on any atom is 0.180 e. The van der Waals surface area contributed by atoms with Gasteiger partial charge in [0.1, 0.15) is 0 Å². The van der Waals surface area contributed by atoms with E-state index in [4.69, 9.17) is 0 Å². The van der Waals surface area contributed by atoms with Gasteiger partial charge in [0.05, 0.1) is 5.69 Å². The van der Waals surface area contributed by atoms with Crippen LogP contribution in [0.4, 0.5) is 17.1 Å². The molecule has 0 bridgehead atoms. The Hall–Kier alpha value is -6.22. The van der Waals surface area contributed by atoms with Crippen LogP contribution in [-0.2, 0) is 5.41 Å². The van der Waals surface area contributed by atoms with Crippen LogP contribution in [-0.4, -0.2) is 8.07 Å². The molecule has 0 unspecified atom stereocenters. The van der Waals surface area contributed by atoms with Gasteiger partial charge in [-0.05, 0) is 90.0 Å². The standard InChI is InChI=1S/C51H39NSi/c1-51(2)45-28-14-12-26-42(45)43-33-32-39(35-46(43)51)52(38-21-16-20-37(34-38)36-18-6-3-7-19-36)47-29-17-31-49-50(47)44-27-13-15-30-48(44)53(49,40-22-8-4-9-23-40)41-24-10-5-11-25-41/h3-35H,1-2H3. The maximum atomic E-state index is 2.53. The van der Waals surface area contributed by atoms with Crippen molar-refractivity contribution < 1.29 is 0 Å². The van der Waals surface area contributed by atoms with Crippen molar-refractivity contribution in [2.24, 2.45) is 0 Å². The second-order valence-corrected chi connectivity index (χ2v) is 18.6. The Kier molecular flexibility index (Phi) is 7.25. The van der Waals surface area contributed by atoms with Crippen LogP contribution in [0.2, 0.25) is 0 Å². The van der Waals surface area contributed by atoms with Gasteiger partial charge in [-0.15, -0.1) is 0 Å². The first-order chi connectivity index (χ1) is 26.1. The highest BCUT2D eigenvalue weighted by atomic mass is 28.3. The summed E-state index contributed by atoms with van der Waals surface area (Å²) in [6, 6.07) is 74.8. The van der Waals surface area contributed by atoms with Crippen LogP contribution in [0.5, 0.6) is 0 Å². The SMILES string of the molecule is CC1(C)c2ccccc2-c2ccc(N(c3cccc(-c4ccccc4)c3)c3cccc4c3-c3ccccc3[Si]4(c3ccccc3)c3ccccc3)cc21. The summed E-state index contributed by atoms with van der Waals surface area (Å²) < 4.78 is 0. The van der Waals surface area contributed by atoms with E-state index in [0.717, 1.165) is 5.69 Å². The Morgan fingerprint density at radius 2 is 0.943 bits per heavy atom. The smallest absolute Gasteiger partial charge is 0.180 e. The molecule has 0 aromatic heterocycles. The molecule has 0 saturated carbocycles. The van der Waals surface area contributed by atoms with Crippen LogP contribution >= 0.6 is 0 Å². The minimum absolute atomic E-state index is 0.118. The average molecular weight is 694 g/mol. The van der Waals surface area contributed by atoms with Gasteiger partial charge in [0, 0.05) is 22.4 Å². The lowest BCUT2D eigenvalue weighted by Crippen LogP contribution is -2.72. The lowest BCUT2D eigenvalue weighted by molar-refractivity contribution is 0.660. The molecule has 0 fully saturated rings. The summed E-state index contributed by atoms with van der Waals surface area (Å²) in [5, 5.41) is 5.70. The van der Waals surface area contributed by atoms with Gasteiger partial charge in [-0.25, -0.2) is 0 Å². The topological polar surface area (TPSA) is 3.24 Å². The lowest BCUT2D eigenvalue weighted by Gasteiger charge is -2.32. The predicted octanol–water partition coefficient (Wildman–Crippen LogP) is 10.5. The van der Waals surface area contributed by atoms with Gasteiger partial charge in [-0.2, -0.15) is 0 Å². The normalized spacial score (nSPS) is 14.2. The molecular formula is C51H39NSi. The Labute approximate surface area is 313 Å². The molecule has 1 heterocycles. The molecule has 0 saturated heterocycles. The minimum Gasteiger partial charge on any atom is -0.310 e. The summed E-state index contributed by atoms with van der Waals surface area (Å²) >= 11 is 0. The Morgan fingerprint density at radius 1 is 0.396 bits per heavy atom. The van der Waals surface area contributed by atoms with E-state index in [1.165, 1.54) is 76.6 Å². The van der Waals surface area contributed by atoms with Crippen molar-refractivity contribution >= 4 is 45.9 Å². The highest BCUT2D eigenvalue weighted by molar-refractivity contribution is 7.22. The number of fused-ring (bicyclic) bond motifs is 6. The third kappa shape index (κ3) is 4.69. The molecule has 0 amide bonds. The fourth-order valence-corrected chi connectivity index (χ4v) is 14.6. The van der Waals surface area contributed by atoms with Crippen LogP contribution in [0, 0.1) is 0 Å². The third-order valence-corrected chi connectivity index (χ3v) is 16.6. The van der Waals surface area contributed by atoms with Crippen LogP contribution in [0.25, 0.3) is 33.4 Å². The first kappa shape index (κ1) is 31.5. The van der Waals surface area contributed by atoms with Crippen LogP contribution in [0.15, 0.2) is 200 Å². The minimum atomic E-state index is -2.68. The van der Waals surface area contributed by atoms with E-state index in [1.807, 2.05) is 0 Å². The van der Waals surface area contributed by atoms with E-state index >= 15 is 0 Å². The first-order valence-corrected chi connectivity index (χ1v) is 20.6. The van der Waals surface area contributed by atoms with Crippen molar-refractivity contribution in [2.45, 2.75) is 19.3 Å². The predicted molar refractivity (Wildman–Crippen MR) is 227 cm³/mol. The average Bonchev–Trinajstić information content (AvgIpc) is 3.65. The lowest BCUT2D eigenvalue weighted by atomic mass is 9.82. The number of hydrogen-bond acceptors (Lipinski definition) is 1. The molecule has 252 valence electrons. The monoisotopic (exact) mass is 693 g/mol. The van der Waals surface area contributed by atoms with E-state index < -0.39 is 8.07 Å². The number of nitrogens with zero attached hydrogens (tertiary/aromatic N) is 1. The van der Waals surface area contributed by atoms with Crippen LogP contribution < -0.4 is 25.6 Å². The molecule has 8 aromatic rings. The quantitative estimate of drug-likeness (QED) is 0.157. The Bertz CT molecular complexity index is 2600. The van der Waals surface area contributed by atoms with Gasteiger partial charge < -0.3 is 4.90 Å². The van der Waals surface area contributed by atoms with Gasteiger partial charge in [0.15, 0.2) is 8.07 Å². The van der Waals surface area contributed by atoms with E-state index in [2.05, 4.69) is 219 Å². The molecule has 1 nitrogen and oxygen atoms in total. The van der Waals surface area contributed by atoms with Gasteiger partial charge in [0.25, 0.3) is 0 Å². The highest BCUT2D eigenvalue weighted by Gasteiger charge is 2.49. The Balaban J connectivity index is 1.27. The molecule has 0 spiro atoms. The molecule has 10 rings (SSSR count). The molecule has 2 heteroatoms. The summed E-state index contributed by atoms with van der Waals surface area (Å²) in [6.45, 7) is 4.75. The summed E-state index contributed by atoms with van der Waals surface area (Å²) in [5.74, 6) is 0. The third-order valence-electron chi connectivity index (χ3n) is 11.7. The summed E-state index contributed by atoms with van der Waals surface area (Å²) in [4.78, 5) is 2.53. The van der Waals surface area contributed by atoms with Crippen molar-refractivity contribution in [3.63, 3.8) is 0 Å². The second kappa shape index (κ2) is 12.2. The Morgan fingerprint density at radius 3 is 1.68 bits per heavy atom. The van der Waals surface area contributed by atoms with E-state index in [9.17, 15) is 0 Å². The van der Waals surface area contributed by atoms with E-state index in [1.54, 1.807) is 0 Å². The zero-order chi connectivity index (χ0) is 35.6.